The molecule has 3 nitrogen and oxygen atoms in total. The maximum atomic E-state index is 14.2. The highest BCUT2D eigenvalue weighted by Gasteiger charge is 2.45. The van der Waals surface area contributed by atoms with E-state index in [9.17, 15) is 14.0 Å². The number of hydrogen-bond donors (Lipinski definition) is 0. The van der Waals surface area contributed by atoms with Gasteiger partial charge in [0.2, 0.25) is 0 Å². The van der Waals surface area contributed by atoms with E-state index in [0.29, 0.717) is 12.1 Å². The van der Waals surface area contributed by atoms with E-state index >= 15 is 0 Å². The molecule has 1 aromatic rings. The number of aryl methyl sites for hydroxylation is 1. The fourth-order valence-electron chi connectivity index (χ4n) is 3.02. The van der Waals surface area contributed by atoms with Gasteiger partial charge in [0.05, 0.1) is 11.3 Å². The summed E-state index contributed by atoms with van der Waals surface area (Å²) in [5, 5.41) is 0.765. The highest BCUT2D eigenvalue weighted by Crippen LogP contribution is 2.45. The standard InChI is InChI=1S/C15H15BrFNO2/c1-9-5-10-12(11(17)6-9)18(14(20)13(10)19)8-15(7-16)3-2-4-15/h5-6H,2-4,7-8H2,1H3. The summed E-state index contributed by atoms with van der Waals surface area (Å²) in [5.41, 5.74) is 1.01. The Hall–Kier alpha value is -1.23. The number of ketones is 1. The summed E-state index contributed by atoms with van der Waals surface area (Å²) in [6, 6.07) is 2.97. The summed E-state index contributed by atoms with van der Waals surface area (Å²) in [6.45, 7) is 2.13. The quantitative estimate of drug-likeness (QED) is 0.626. The van der Waals surface area contributed by atoms with Crippen LogP contribution >= 0.6 is 15.9 Å². The minimum Gasteiger partial charge on any atom is -0.301 e. The molecule has 1 amide bonds. The topological polar surface area (TPSA) is 37.4 Å². The molecule has 1 aliphatic carbocycles. The van der Waals surface area contributed by atoms with Crippen LogP contribution < -0.4 is 4.90 Å². The number of nitrogens with zero attached hydrogens (tertiary/aromatic N) is 1. The van der Waals surface area contributed by atoms with Crippen molar-refractivity contribution in [2.75, 3.05) is 16.8 Å². The van der Waals surface area contributed by atoms with E-state index in [0.717, 1.165) is 24.6 Å². The first-order valence-electron chi connectivity index (χ1n) is 6.70. The molecule has 0 atom stereocenters. The maximum Gasteiger partial charge on any atom is 0.299 e. The van der Waals surface area contributed by atoms with Gasteiger partial charge in [0, 0.05) is 11.9 Å². The second-order valence-corrected chi connectivity index (χ2v) is 6.41. The zero-order valence-electron chi connectivity index (χ0n) is 11.2. The Labute approximate surface area is 125 Å². The van der Waals surface area contributed by atoms with E-state index in [1.165, 1.54) is 11.0 Å². The Kier molecular flexibility index (Phi) is 3.20. The van der Waals surface area contributed by atoms with Crippen LogP contribution in [-0.4, -0.2) is 23.6 Å². The van der Waals surface area contributed by atoms with E-state index in [2.05, 4.69) is 15.9 Å². The summed E-state index contributed by atoms with van der Waals surface area (Å²) < 4.78 is 14.2. The van der Waals surface area contributed by atoms with Gasteiger partial charge in [-0.2, -0.15) is 0 Å². The second-order valence-electron chi connectivity index (χ2n) is 5.85. The van der Waals surface area contributed by atoms with Crippen LogP contribution in [0.5, 0.6) is 0 Å². The molecule has 20 heavy (non-hydrogen) atoms. The Morgan fingerprint density at radius 3 is 2.60 bits per heavy atom. The molecule has 0 bridgehead atoms. The molecule has 2 aliphatic rings. The van der Waals surface area contributed by atoms with E-state index < -0.39 is 17.5 Å². The molecule has 0 N–H and O–H groups in total. The summed E-state index contributed by atoms with van der Waals surface area (Å²) >= 11 is 3.48. The van der Waals surface area contributed by atoms with Gasteiger partial charge in [-0.3, -0.25) is 9.59 Å². The van der Waals surface area contributed by atoms with Crippen molar-refractivity contribution in [3.8, 4) is 0 Å². The second kappa shape index (κ2) is 4.65. The monoisotopic (exact) mass is 339 g/mol. The number of rotatable bonds is 3. The van der Waals surface area contributed by atoms with Gasteiger partial charge in [-0.15, -0.1) is 0 Å². The zero-order chi connectivity index (χ0) is 14.5. The van der Waals surface area contributed by atoms with Gasteiger partial charge in [-0.05, 0) is 42.9 Å². The molecule has 0 radical (unpaired) electrons. The molecular formula is C15H15BrFNO2. The molecule has 1 saturated carbocycles. The van der Waals surface area contributed by atoms with Gasteiger partial charge >= 0.3 is 0 Å². The first kappa shape index (κ1) is 13.7. The maximum absolute atomic E-state index is 14.2. The smallest absolute Gasteiger partial charge is 0.299 e. The molecule has 1 aromatic carbocycles. The Morgan fingerprint density at radius 1 is 1.35 bits per heavy atom. The van der Waals surface area contributed by atoms with E-state index in [-0.39, 0.29) is 16.7 Å². The van der Waals surface area contributed by atoms with Crippen molar-refractivity contribution < 1.29 is 14.0 Å². The summed E-state index contributed by atoms with van der Waals surface area (Å²) in [7, 11) is 0. The number of carbonyl (C=O) groups excluding carboxylic acids is 2. The van der Waals surface area contributed by atoms with Gasteiger partial charge in [-0.1, -0.05) is 22.4 Å². The lowest BCUT2D eigenvalue weighted by molar-refractivity contribution is -0.114. The molecule has 1 aliphatic heterocycles. The lowest BCUT2D eigenvalue weighted by Crippen LogP contribution is -2.45. The third-order valence-electron chi connectivity index (χ3n) is 4.35. The minimum atomic E-state index is -0.600. The number of hydrogen-bond acceptors (Lipinski definition) is 2. The Morgan fingerprint density at radius 2 is 2.05 bits per heavy atom. The van der Waals surface area contributed by atoms with Crippen molar-refractivity contribution in [3.05, 3.63) is 29.1 Å². The van der Waals surface area contributed by atoms with Gasteiger partial charge in [-0.25, -0.2) is 4.39 Å². The SMILES string of the molecule is Cc1cc(F)c2c(c1)C(=O)C(=O)N2CC1(CBr)CCC1. The highest BCUT2D eigenvalue weighted by molar-refractivity contribution is 9.09. The van der Waals surface area contributed by atoms with Crippen molar-refractivity contribution in [1.29, 1.82) is 0 Å². The third-order valence-corrected chi connectivity index (χ3v) is 5.54. The van der Waals surface area contributed by atoms with Crippen molar-refractivity contribution >= 4 is 33.3 Å². The fourth-order valence-corrected chi connectivity index (χ4v) is 3.76. The summed E-state index contributed by atoms with van der Waals surface area (Å²) in [6.07, 6.45) is 3.11. The predicted molar refractivity (Wildman–Crippen MR) is 77.9 cm³/mol. The summed E-state index contributed by atoms with van der Waals surface area (Å²) in [5.74, 6) is -1.67. The molecular weight excluding hydrogens is 325 g/mol. The fraction of sp³-hybridized carbons (Fsp3) is 0.467. The Balaban J connectivity index is 2.02. The van der Waals surface area contributed by atoms with Crippen LogP contribution in [0, 0.1) is 18.2 Å². The molecule has 0 aromatic heterocycles. The van der Waals surface area contributed by atoms with Gasteiger partial charge in [0.1, 0.15) is 5.82 Å². The molecule has 5 heteroatoms. The van der Waals surface area contributed by atoms with Gasteiger partial charge < -0.3 is 4.90 Å². The molecule has 1 fully saturated rings. The van der Waals surface area contributed by atoms with Crippen LogP contribution in [0.2, 0.25) is 0 Å². The number of carbonyl (C=O) groups is 2. The third kappa shape index (κ3) is 1.91. The van der Waals surface area contributed by atoms with Crippen molar-refractivity contribution in [3.63, 3.8) is 0 Å². The number of halogens is 2. The van der Waals surface area contributed by atoms with Gasteiger partial charge in [0.25, 0.3) is 11.7 Å². The number of Topliss-reactive ketones (excluding diaryl/α,β-unsaturated/α-hetero) is 1. The first-order valence-corrected chi connectivity index (χ1v) is 7.82. The highest BCUT2D eigenvalue weighted by atomic mass is 79.9. The van der Waals surface area contributed by atoms with Crippen molar-refractivity contribution in [2.24, 2.45) is 5.41 Å². The van der Waals surface area contributed by atoms with Crippen molar-refractivity contribution in [2.45, 2.75) is 26.2 Å². The van der Waals surface area contributed by atoms with E-state index in [1.807, 2.05) is 0 Å². The average Bonchev–Trinajstić information content (AvgIpc) is 2.59. The van der Waals surface area contributed by atoms with Crippen LogP contribution in [0.15, 0.2) is 12.1 Å². The molecule has 0 unspecified atom stereocenters. The number of anilines is 1. The largest absolute Gasteiger partial charge is 0.301 e. The average molecular weight is 340 g/mol. The van der Waals surface area contributed by atoms with Crippen LogP contribution in [0.1, 0.15) is 35.2 Å². The predicted octanol–water partition coefficient (Wildman–Crippen LogP) is 3.23. The molecule has 106 valence electrons. The molecule has 0 spiro atoms. The lowest BCUT2D eigenvalue weighted by Gasteiger charge is -2.43. The van der Waals surface area contributed by atoms with Crippen LogP contribution in [0.25, 0.3) is 0 Å². The lowest BCUT2D eigenvalue weighted by atomic mass is 9.70. The number of benzene rings is 1. The number of amides is 1. The van der Waals surface area contributed by atoms with Crippen LogP contribution in [0.3, 0.4) is 0 Å². The normalized spacial score (nSPS) is 20.1. The van der Waals surface area contributed by atoms with Crippen molar-refractivity contribution in [1.82, 2.24) is 0 Å². The molecule has 1 heterocycles. The summed E-state index contributed by atoms with van der Waals surface area (Å²) in [4.78, 5) is 25.5. The van der Waals surface area contributed by atoms with E-state index in [1.54, 1.807) is 13.0 Å². The molecule has 3 rings (SSSR count). The van der Waals surface area contributed by atoms with Crippen LogP contribution in [-0.2, 0) is 4.79 Å². The zero-order valence-corrected chi connectivity index (χ0v) is 12.8. The number of alkyl halides is 1. The Bertz CT molecular complexity index is 605. The minimum absolute atomic E-state index is 0.0190. The number of fused-ring (bicyclic) bond motifs is 1. The van der Waals surface area contributed by atoms with E-state index in [4.69, 9.17) is 0 Å². The van der Waals surface area contributed by atoms with Crippen LogP contribution in [0.4, 0.5) is 10.1 Å². The van der Waals surface area contributed by atoms with Gasteiger partial charge in [0.15, 0.2) is 0 Å². The molecule has 0 saturated heterocycles. The first-order chi connectivity index (χ1) is 9.47.